The van der Waals surface area contributed by atoms with Crippen LogP contribution >= 0.6 is 0 Å². The molecule has 0 aliphatic carbocycles. The molecule has 0 aromatic carbocycles. The molecule has 0 aromatic rings. The van der Waals surface area contributed by atoms with Gasteiger partial charge in [-0.2, -0.15) is 0 Å². The number of ether oxygens (including phenoxy) is 2. The van der Waals surface area contributed by atoms with E-state index in [9.17, 15) is 14.1 Å². The largest absolute Gasteiger partial charge is 0.572 e. The van der Waals surface area contributed by atoms with Crippen LogP contribution in [0.4, 0.5) is 0 Å². The summed E-state index contributed by atoms with van der Waals surface area (Å²) < 4.78 is 27.1. The van der Waals surface area contributed by atoms with Gasteiger partial charge >= 0.3 is 11.9 Å². The Morgan fingerprint density at radius 1 is 0.525 bits per heavy atom. The van der Waals surface area contributed by atoms with E-state index in [-0.39, 0.29) is 18.0 Å². The van der Waals surface area contributed by atoms with Crippen molar-refractivity contribution in [2.24, 2.45) is 9.54 Å². The molecule has 0 aliphatic rings. The first kappa shape index (κ1) is 57.6. The summed E-state index contributed by atoms with van der Waals surface area (Å²) in [7, 11) is 3.85. The average Bonchev–Trinajstić information content (AvgIpc) is 3.21. The quantitative estimate of drug-likeness (QED) is 0.0211. The first-order valence-electron chi connectivity index (χ1n) is 25.2. The number of carbonyl (C=O) groups excluding carboxylic acids is 2. The first-order valence-corrected chi connectivity index (χ1v) is 26.4. The molecule has 0 amide bonds. The molecule has 0 saturated heterocycles. The Kier molecular flexibility index (Phi) is 43.7. The summed E-state index contributed by atoms with van der Waals surface area (Å²) >= 11 is -1.68. The highest BCUT2D eigenvalue weighted by Gasteiger charge is 2.15. The Morgan fingerprint density at radius 2 is 0.898 bits per heavy atom. The first-order chi connectivity index (χ1) is 28.7. The van der Waals surface area contributed by atoms with Crippen LogP contribution in [0.5, 0.6) is 0 Å². The Morgan fingerprint density at radius 3 is 1.36 bits per heavy atom. The van der Waals surface area contributed by atoms with Crippen LogP contribution in [0.3, 0.4) is 0 Å². The summed E-state index contributed by atoms with van der Waals surface area (Å²) in [4.78, 5) is 29.5. The number of amidine groups is 1. The molecule has 10 heteroatoms. The van der Waals surface area contributed by atoms with Gasteiger partial charge in [-0.3, -0.25) is 9.59 Å². The summed E-state index contributed by atoms with van der Waals surface area (Å²) in [5.74, 6) is 0.764. The second-order valence-electron chi connectivity index (χ2n) is 17.6. The molecule has 59 heavy (non-hydrogen) atoms. The van der Waals surface area contributed by atoms with E-state index in [1.54, 1.807) is 0 Å². The van der Waals surface area contributed by atoms with Crippen LogP contribution in [0, 0.1) is 0 Å². The van der Waals surface area contributed by atoms with E-state index in [2.05, 4.69) is 30.1 Å². The third kappa shape index (κ3) is 41.8. The van der Waals surface area contributed by atoms with Crippen molar-refractivity contribution in [1.29, 1.82) is 0 Å². The molecule has 0 heterocycles. The molecule has 0 bridgehead atoms. The maximum atomic E-state index is 12.9. The van der Waals surface area contributed by atoms with Crippen molar-refractivity contribution in [3.8, 4) is 0 Å². The van der Waals surface area contributed by atoms with Gasteiger partial charge in [-0.05, 0) is 94.7 Å². The average molecular weight is 855 g/mol. The van der Waals surface area contributed by atoms with Crippen molar-refractivity contribution >= 4 is 29.3 Å². The molecule has 0 fully saturated rings. The number of nitrogens with zero attached hydrogens (tertiary/aromatic N) is 3. The molecule has 1 unspecified atom stereocenters. The maximum absolute atomic E-state index is 12.9. The molecule has 0 rings (SSSR count). The number of hydrogen-bond acceptors (Lipinski definition) is 8. The lowest BCUT2D eigenvalue weighted by molar-refractivity contribution is -0.150. The van der Waals surface area contributed by atoms with E-state index in [1.807, 2.05) is 19.0 Å². The van der Waals surface area contributed by atoms with Gasteiger partial charge in [0.2, 0.25) is 0 Å². The summed E-state index contributed by atoms with van der Waals surface area (Å²) in [6, 6.07) is 0. The third-order valence-corrected chi connectivity index (χ3v) is 12.0. The fourth-order valence-electron chi connectivity index (χ4n) is 7.81. The van der Waals surface area contributed by atoms with Crippen LogP contribution < -0.4 is 5.14 Å². The summed E-state index contributed by atoms with van der Waals surface area (Å²) in [5.41, 5.74) is 0. The molecule has 0 saturated carbocycles. The molecule has 2 N–H and O–H groups in total. The summed E-state index contributed by atoms with van der Waals surface area (Å²) in [6.45, 7) is 10.6. The fourth-order valence-corrected chi connectivity index (χ4v) is 8.27. The zero-order valence-corrected chi connectivity index (χ0v) is 40.5. The highest BCUT2D eigenvalue weighted by molar-refractivity contribution is 7.88. The van der Waals surface area contributed by atoms with Gasteiger partial charge in [0.1, 0.15) is 6.10 Å². The Labute approximate surface area is 369 Å². The zero-order chi connectivity index (χ0) is 43.4. The number of rotatable bonds is 45. The van der Waals surface area contributed by atoms with Gasteiger partial charge in [-0.1, -0.05) is 162 Å². The van der Waals surface area contributed by atoms with Gasteiger partial charge in [0.15, 0.2) is 17.4 Å². The Hall–Kier alpha value is -1.36. The van der Waals surface area contributed by atoms with Crippen LogP contribution in [0.15, 0.2) is 4.40 Å². The van der Waals surface area contributed by atoms with Crippen LogP contribution in [0.1, 0.15) is 252 Å². The third-order valence-electron chi connectivity index (χ3n) is 11.6. The van der Waals surface area contributed by atoms with Crippen LogP contribution in [-0.4, -0.2) is 78.6 Å². The van der Waals surface area contributed by atoms with Gasteiger partial charge in [0, 0.05) is 33.4 Å². The van der Waals surface area contributed by atoms with E-state index in [1.165, 1.54) is 135 Å². The van der Waals surface area contributed by atoms with Crippen molar-refractivity contribution in [3.05, 3.63) is 0 Å². The predicted molar refractivity (Wildman–Crippen MR) is 254 cm³/mol. The minimum atomic E-state index is -1.68. The van der Waals surface area contributed by atoms with Gasteiger partial charge in [-0.15, -0.1) is 5.14 Å². The van der Waals surface area contributed by atoms with Gasteiger partial charge in [0.05, 0.1) is 6.61 Å². The summed E-state index contributed by atoms with van der Waals surface area (Å²) in [5, 5.41) is 5.44. The van der Waals surface area contributed by atoms with Gasteiger partial charge in [-0.25, -0.2) is 0 Å². The van der Waals surface area contributed by atoms with Crippen LogP contribution in [0.25, 0.3) is 0 Å². The van der Waals surface area contributed by atoms with Crippen molar-refractivity contribution in [2.45, 2.75) is 258 Å². The molecule has 350 valence electrons. The Bertz CT molecular complexity index is 937. The van der Waals surface area contributed by atoms with E-state index in [0.29, 0.717) is 19.4 Å². The maximum Gasteiger partial charge on any atom is 0.306 e. The molecule has 0 aliphatic heterocycles. The normalized spacial score (nSPS) is 12.5. The SMILES string of the molecule is CCCCCCCCCOC(=O)CCCCCCCN(CCCCCCCC(=O)OC(CCCCCCCC)CCCCCCCC)CCCCC(=N[S+](N)[O-])N(C)C. The van der Waals surface area contributed by atoms with Crippen molar-refractivity contribution in [2.75, 3.05) is 40.3 Å². The smallest absolute Gasteiger partial charge is 0.306 e. The molecule has 0 radical (unpaired) electrons. The molecule has 9 nitrogen and oxygen atoms in total. The molecule has 1 atom stereocenters. The lowest BCUT2D eigenvalue weighted by Crippen LogP contribution is -2.28. The molecular formula is C49H98N4O5S. The highest BCUT2D eigenvalue weighted by atomic mass is 32.2. The van der Waals surface area contributed by atoms with E-state index in [0.717, 1.165) is 109 Å². The predicted octanol–water partition coefficient (Wildman–Crippen LogP) is 13.3. The fraction of sp³-hybridized carbons (Fsp3) is 0.939. The van der Waals surface area contributed by atoms with Crippen molar-refractivity contribution in [3.63, 3.8) is 0 Å². The van der Waals surface area contributed by atoms with E-state index in [4.69, 9.17) is 14.6 Å². The van der Waals surface area contributed by atoms with Crippen LogP contribution in [0.2, 0.25) is 0 Å². The number of unbranched alkanes of at least 4 members (excludes halogenated alkanes) is 25. The zero-order valence-electron chi connectivity index (χ0n) is 39.7. The Balaban J connectivity index is 4.54. The number of carbonyl (C=O) groups is 2. The molecule has 0 spiro atoms. The molecular weight excluding hydrogens is 757 g/mol. The number of hydrogen-bond donors (Lipinski definition) is 1. The summed E-state index contributed by atoms with van der Waals surface area (Å²) in [6.07, 6.45) is 41.0. The highest BCUT2D eigenvalue weighted by Crippen LogP contribution is 2.19. The standard InChI is InChI=1S/C49H98N4O5S/c1-6-9-12-15-18-27-36-45-57-48(54)40-30-23-19-25-33-42-53(44-35-32-39-47(52(4)5)51-59(50)56)43-34-26-20-24-31-41-49(55)58-46(37-28-21-16-13-10-7-2)38-29-22-17-14-11-8-3/h46H,6-45,50H2,1-5H3. The van der Waals surface area contributed by atoms with Crippen LogP contribution in [-0.2, 0) is 30.6 Å². The van der Waals surface area contributed by atoms with Gasteiger partial charge < -0.3 is 23.8 Å². The lowest BCUT2D eigenvalue weighted by atomic mass is 10.0. The second kappa shape index (κ2) is 44.7. The van der Waals surface area contributed by atoms with Crippen molar-refractivity contribution < 1.29 is 23.6 Å². The number of nitrogens with two attached hydrogens (primary N) is 1. The monoisotopic (exact) mass is 855 g/mol. The van der Waals surface area contributed by atoms with E-state index >= 15 is 0 Å². The topological polar surface area (TPSA) is 121 Å². The van der Waals surface area contributed by atoms with E-state index < -0.39 is 11.5 Å². The minimum Gasteiger partial charge on any atom is -0.572 e. The minimum absolute atomic E-state index is 0.0112. The number of esters is 2. The molecule has 0 aromatic heterocycles. The van der Waals surface area contributed by atoms with Gasteiger partial charge in [0.25, 0.3) is 0 Å². The van der Waals surface area contributed by atoms with Crippen molar-refractivity contribution in [1.82, 2.24) is 9.80 Å². The second-order valence-corrected chi connectivity index (χ2v) is 18.3. The lowest BCUT2D eigenvalue weighted by Gasteiger charge is -2.23.